The molecule has 0 N–H and O–H groups in total. The van der Waals surface area contributed by atoms with Crippen molar-refractivity contribution in [3.8, 4) is 11.5 Å². The molecule has 2 aromatic carbocycles. The predicted octanol–water partition coefficient (Wildman–Crippen LogP) is 5.98. The highest BCUT2D eigenvalue weighted by Gasteiger charge is 2.41. The lowest BCUT2D eigenvalue weighted by Gasteiger charge is -2.38. The van der Waals surface area contributed by atoms with E-state index in [9.17, 15) is 9.59 Å². The zero-order chi connectivity index (χ0) is 25.8. The topological polar surface area (TPSA) is 44.0 Å². The maximum atomic E-state index is 13.7. The molecule has 0 aliphatic carbocycles. The minimum atomic E-state index is -2.05. The van der Waals surface area contributed by atoms with Crippen LogP contribution in [-0.2, 0) is 13.1 Å². The summed E-state index contributed by atoms with van der Waals surface area (Å²) >= 11 is 0. The summed E-state index contributed by atoms with van der Waals surface area (Å²) in [7, 11) is -2.05. The zero-order valence-corrected chi connectivity index (χ0v) is 23.1. The Kier molecular flexibility index (Phi) is 8.40. The van der Waals surface area contributed by atoms with E-state index in [1.165, 1.54) is 4.57 Å². The highest BCUT2D eigenvalue weighted by Crippen LogP contribution is 2.40. The van der Waals surface area contributed by atoms with Gasteiger partial charge in [0.2, 0.25) is 0 Å². The average molecular weight is 487 g/mol. The average Bonchev–Trinajstić information content (AvgIpc) is 2.82. The van der Waals surface area contributed by atoms with Gasteiger partial charge in [-0.2, -0.15) is 0 Å². The van der Waals surface area contributed by atoms with Gasteiger partial charge in [0.25, 0.3) is 5.56 Å². The molecule has 0 saturated heterocycles. The zero-order valence-electron chi connectivity index (χ0n) is 22.1. The summed E-state index contributed by atoms with van der Waals surface area (Å²) in [5.74, 6) is 3.36. The molecule has 0 unspecified atom stereocenters. The van der Waals surface area contributed by atoms with Gasteiger partial charge in [-0.15, -0.1) is 5.54 Å². The van der Waals surface area contributed by atoms with Gasteiger partial charge in [0.05, 0.1) is 13.1 Å². The number of benzene rings is 2. The second kappa shape index (κ2) is 11.1. The second-order valence-corrected chi connectivity index (χ2v) is 15.9. The molecule has 0 atom stereocenters. The normalized spacial score (nSPS) is 11.7. The van der Waals surface area contributed by atoms with Crippen LogP contribution in [0.1, 0.15) is 63.9 Å². The van der Waals surface area contributed by atoms with Crippen LogP contribution in [0.3, 0.4) is 0 Å². The number of nitrogens with zero attached hydrogens (tertiary/aromatic N) is 2. The monoisotopic (exact) mass is 486 g/mol. The van der Waals surface area contributed by atoms with Crippen molar-refractivity contribution in [2.75, 3.05) is 0 Å². The maximum Gasteiger partial charge on any atom is 0.331 e. The van der Waals surface area contributed by atoms with Crippen LogP contribution in [0.2, 0.25) is 16.6 Å². The SMILES string of the molecule is Cc1c(C#C[Si](C(C)C)(C(C)C)C(C)C)c(=O)n(Cc2ccccc2)c(=O)n1Cc1ccccc1. The number of hydrogen-bond donors (Lipinski definition) is 0. The first-order valence-electron chi connectivity index (χ1n) is 12.5. The molecule has 184 valence electrons. The van der Waals surface area contributed by atoms with E-state index in [2.05, 4.69) is 53.0 Å². The first-order valence-corrected chi connectivity index (χ1v) is 14.8. The molecule has 0 fully saturated rings. The van der Waals surface area contributed by atoms with E-state index in [0.29, 0.717) is 34.4 Å². The molecule has 1 aromatic heterocycles. The molecule has 0 spiro atoms. The van der Waals surface area contributed by atoms with Crippen molar-refractivity contribution < 1.29 is 0 Å². The Bertz CT molecular complexity index is 1300. The van der Waals surface area contributed by atoms with Crippen molar-refractivity contribution in [1.82, 2.24) is 9.13 Å². The van der Waals surface area contributed by atoms with E-state index in [4.69, 9.17) is 0 Å². The van der Waals surface area contributed by atoms with Gasteiger partial charge in [0, 0.05) is 5.69 Å². The van der Waals surface area contributed by atoms with E-state index >= 15 is 0 Å². The Hall–Kier alpha value is -3.10. The van der Waals surface area contributed by atoms with Gasteiger partial charge in [-0.3, -0.25) is 13.9 Å². The lowest BCUT2D eigenvalue weighted by atomic mass is 10.2. The van der Waals surface area contributed by atoms with Gasteiger partial charge in [0.1, 0.15) is 13.6 Å². The lowest BCUT2D eigenvalue weighted by Crippen LogP contribution is -2.44. The van der Waals surface area contributed by atoms with Crippen LogP contribution in [0.5, 0.6) is 0 Å². The fourth-order valence-electron chi connectivity index (χ4n) is 5.41. The summed E-state index contributed by atoms with van der Waals surface area (Å²) in [5.41, 5.74) is 7.46. The van der Waals surface area contributed by atoms with Crippen LogP contribution in [0, 0.1) is 18.4 Å². The van der Waals surface area contributed by atoms with Crippen LogP contribution in [0.15, 0.2) is 70.3 Å². The number of aromatic nitrogens is 2. The summed E-state index contributed by atoms with van der Waals surface area (Å²) in [6.45, 7) is 16.0. The lowest BCUT2D eigenvalue weighted by molar-refractivity contribution is 0.595. The molecule has 0 aliphatic heterocycles. The largest absolute Gasteiger partial charge is 0.331 e. The van der Waals surface area contributed by atoms with Gasteiger partial charge in [-0.1, -0.05) is 108 Å². The Morgan fingerprint density at radius 2 is 1.14 bits per heavy atom. The van der Waals surface area contributed by atoms with Crippen LogP contribution in [-0.4, -0.2) is 17.2 Å². The van der Waals surface area contributed by atoms with Gasteiger partial charge >= 0.3 is 5.69 Å². The van der Waals surface area contributed by atoms with Crippen molar-refractivity contribution in [2.24, 2.45) is 0 Å². The van der Waals surface area contributed by atoms with Crippen LogP contribution in [0.25, 0.3) is 0 Å². The first kappa shape index (κ1) is 26.5. The second-order valence-electron chi connectivity index (χ2n) is 10.3. The van der Waals surface area contributed by atoms with Crippen molar-refractivity contribution in [3.05, 3.63) is 104 Å². The van der Waals surface area contributed by atoms with Gasteiger partial charge < -0.3 is 0 Å². The summed E-state index contributed by atoms with van der Waals surface area (Å²) < 4.78 is 3.05. The Morgan fingerprint density at radius 1 is 0.714 bits per heavy atom. The summed E-state index contributed by atoms with van der Waals surface area (Å²) in [4.78, 5) is 27.3. The van der Waals surface area contributed by atoms with Crippen LogP contribution < -0.4 is 11.2 Å². The summed E-state index contributed by atoms with van der Waals surface area (Å²) in [5, 5.41) is 0. The van der Waals surface area contributed by atoms with E-state index < -0.39 is 8.07 Å². The molecule has 0 radical (unpaired) electrons. The smallest absolute Gasteiger partial charge is 0.292 e. The predicted molar refractivity (Wildman–Crippen MR) is 149 cm³/mol. The Morgan fingerprint density at radius 3 is 1.57 bits per heavy atom. The molecule has 3 aromatic rings. The Labute approximate surface area is 210 Å². The molecule has 1 heterocycles. The molecule has 0 amide bonds. The molecule has 4 nitrogen and oxygen atoms in total. The van der Waals surface area contributed by atoms with Crippen LogP contribution >= 0.6 is 0 Å². The standard InChI is InChI=1S/C30H38N2O2Si/c1-22(2)35(23(3)4,24(5)6)19-18-28-25(7)31(20-26-14-10-8-11-15-26)30(34)32(29(28)33)21-27-16-12-9-13-17-27/h8-17,22-24H,20-21H2,1-7H3. The van der Waals surface area contributed by atoms with Crippen LogP contribution in [0.4, 0.5) is 0 Å². The molecule has 3 rings (SSSR count). The highest BCUT2D eigenvalue weighted by atomic mass is 28.3. The van der Waals surface area contributed by atoms with Crippen molar-refractivity contribution in [3.63, 3.8) is 0 Å². The highest BCUT2D eigenvalue weighted by molar-refractivity contribution is 6.90. The van der Waals surface area contributed by atoms with Crippen molar-refractivity contribution in [2.45, 2.75) is 78.2 Å². The van der Waals surface area contributed by atoms with Gasteiger partial charge in [0.15, 0.2) is 0 Å². The molecule has 35 heavy (non-hydrogen) atoms. The van der Waals surface area contributed by atoms with E-state index in [1.54, 1.807) is 4.57 Å². The molecule has 5 heteroatoms. The van der Waals surface area contributed by atoms with Crippen molar-refractivity contribution in [1.29, 1.82) is 0 Å². The van der Waals surface area contributed by atoms with Gasteiger partial charge in [-0.25, -0.2) is 4.79 Å². The molecular formula is C30H38N2O2Si. The number of hydrogen-bond acceptors (Lipinski definition) is 2. The molecule has 0 bridgehead atoms. The fraction of sp³-hybridized carbons (Fsp3) is 0.400. The van der Waals surface area contributed by atoms with Gasteiger partial charge in [-0.05, 0) is 34.7 Å². The maximum absolute atomic E-state index is 13.7. The number of rotatable bonds is 7. The summed E-state index contributed by atoms with van der Waals surface area (Å²) in [6.07, 6.45) is 0. The molecule has 0 saturated carbocycles. The third-order valence-corrected chi connectivity index (χ3v) is 13.6. The molecular weight excluding hydrogens is 448 g/mol. The fourth-order valence-corrected chi connectivity index (χ4v) is 10.6. The van der Waals surface area contributed by atoms with E-state index in [0.717, 1.165) is 11.1 Å². The third kappa shape index (κ3) is 5.44. The van der Waals surface area contributed by atoms with E-state index in [1.807, 2.05) is 67.6 Å². The minimum absolute atomic E-state index is 0.226. The van der Waals surface area contributed by atoms with E-state index in [-0.39, 0.29) is 17.8 Å². The van der Waals surface area contributed by atoms with Crippen molar-refractivity contribution >= 4 is 8.07 Å². The third-order valence-electron chi connectivity index (χ3n) is 7.32. The minimum Gasteiger partial charge on any atom is -0.292 e. The summed E-state index contributed by atoms with van der Waals surface area (Å²) in [6, 6.07) is 19.5. The first-order chi connectivity index (χ1) is 16.6. The molecule has 0 aliphatic rings. The Balaban J connectivity index is 2.27. The quantitative estimate of drug-likeness (QED) is 0.304.